The van der Waals surface area contributed by atoms with Crippen LogP contribution in [0.3, 0.4) is 0 Å². The first-order valence-corrected chi connectivity index (χ1v) is 8.98. The minimum absolute atomic E-state index is 0.0228. The first-order valence-electron chi connectivity index (χ1n) is 8.98. The first-order chi connectivity index (χ1) is 10.8. The van der Waals surface area contributed by atoms with Gasteiger partial charge in [0.15, 0.2) is 5.78 Å². The molecule has 0 saturated heterocycles. The third-order valence-corrected chi connectivity index (χ3v) is 7.95. The van der Waals surface area contributed by atoms with E-state index in [0.29, 0.717) is 17.8 Å². The van der Waals surface area contributed by atoms with Gasteiger partial charge in [0.2, 0.25) is 0 Å². The molecule has 3 saturated carbocycles. The zero-order chi connectivity index (χ0) is 16.5. The predicted octanol–water partition coefficient (Wildman–Crippen LogP) is 3.66. The SMILES string of the molecule is C#C[C@]1(O)CC[C@@H]2[C@@H]3CCC4=CC(=O)C=C[C@]4(C)[C@H]3CC[C@@]21C. The molecule has 0 aromatic carbocycles. The maximum atomic E-state index is 11.8. The fourth-order valence-corrected chi connectivity index (χ4v) is 6.45. The molecule has 122 valence electrons. The van der Waals surface area contributed by atoms with E-state index >= 15 is 0 Å². The highest BCUT2D eigenvalue weighted by Gasteiger charge is 2.63. The molecule has 0 aromatic rings. The van der Waals surface area contributed by atoms with Gasteiger partial charge in [0.25, 0.3) is 0 Å². The zero-order valence-corrected chi connectivity index (χ0v) is 14.1. The molecule has 4 rings (SSSR count). The van der Waals surface area contributed by atoms with Crippen LogP contribution in [0.1, 0.15) is 52.4 Å². The van der Waals surface area contributed by atoms with Gasteiger partial charge in [-0.1, -0.05) is 31.4 Å². The Labute approximate surface area is 139 Å². The van der Waals surface area contributed by atoms with Crippen molar-refractivity contribution in [1.29, 1.82) is 0 Å². The van der Waals surface area contributed by atoms with Crippen molar-refractivity contribution in [2.75, 3.05) is 0 Å². The van der Waals surface area contributed by atoms with Gasteiger partial charge < -0.3 is 5.11 Å². The van der Waals surface area contributed by atoms with Gasteiger partial charge in [-0.2, -0.15) is 0 Å². The number of rotatable bonds is 0. The number of carbonyl (C=O) groups is 1. The van der Waals surface area contributed by atoms with Crippen LogP contribution in [-0.2, 0) is 4.79 Å². The second-order valence-electron chi connectivity index (χ2n) is 8.60. The summed E-state index contributed by atoms with van der Waals surface area (Å²) in [6.07, 6.45) is 17.5. The third-order valence-electron chi connectivity index (χ3n) is 7.95. The van der Waals surface area contributed by atoms with Gasteiger partial charge in [0.1, 0.15) is 5.60 Å². The molecule has 0 unspecified atom stereocenters. The summed E-state index contributed by atoms with van der Waals surface area (Å²) in [4.78, 5) is 11.8. The summed E-state index contributed by atoms with van der Waals surface area (Å²) in [6.45, 7) is 4.53. The molecule has 3 fully saturated rings. The van der Waals surface area contributed by atoms with E-state index in [0.717, 1.165) is 38.5 Å². The number of aliphatic hydroxyl groups is 1. The number of allylic oxidation sites excluding steroid dienone is 4. The van der Waals surface area contributed by atoms with Crippen molar-refractivity contribution in [3.05, 3.63) is 23.8 Å². The summed E-state index contributed by atoms with van der Waals surface area (Å²) in [7, 11) is 0. The van der Waals surface area contributed by atoms with E-state index in [2.05, 4.69) is 25.8 Å². The third kappa shape index (κ3) is 1.78. The second kappa shape index (κ2) is 4.61. The Morgan fingerprint density at radius 1 is 1.22 bits per heavy atom. The summed E-state index contributed by atoms with van der Waals surface area (Å²) in [6, 6.07) is 0. The van der Waals surface area contributed by atoms with Gasteiger partial charge >= 0.3 is 0 Å². The first kappa shape index (κ1) is 15.2. The highest BCUT2D eigenvalue weighted by atomic mass is 16.3. The lowest BCUT2D eigenvalue weighted by Crippen LogP contribution is -2.53. The van der Waals surface area contributed by atoms with Gasteiger partial charge in [0, 0.05) is 10.8 Å². The van der Waals surface area contributed by atoms with Crippen molar-refractivity contribution < 1.29 is 9.90 Å². The summed E-state index contributed by atoms with van der Waals surface area (Å²) in [5.41, 5.74) is 0.266. The summed E-state index contributed by atoms with van der Waals surface area (Å²) in [5.74, 6) is 4.56. The Balaban J connectivity index is 1.72. The fraction of sp³-hybridized carbons (Fsp3) is 0.667. The van der Waals surface area contributed by atoms with Crippen molar-refractivity contribution in [2.45, 2.75) is 58.0 Å². The maximum absolute atomic E-state index is 11.8. The molecule has 0 amide bonds. The molecular formula is C21H26O2. The van der Waals surface area contributed by atoms with Gasteiger partial charge in [-0.3, -0.25) is 4.79 Å². The van der Waals surface area contributed by atoms with Crippen molar-refractivity contribution in [2.24, 2.45) is 28.6 Å². The molecule has 0 spiro atoms. The van der Waals surface area contributed by atoms with E-state index in [9.17, 15) is 9.90 Å². The molecule has 0 bridgehead atoms. The molecule has 23 heavy (non-hydrogen) atoms. The molecule has 0 heterocycles. The summed E-state index contributed by atoms with van der Waals surface area (Å²) >= 11 is 0. The van der Waals surface area contributed by atoms with E-state index in [1.165, 1.54) is 5.57 Å². The van der Waals surface area contributed by atoms with Gasteiger partial charge in [-0.25, -0.2) is 0 Å². The van der Waals surface area contributed by atoms with Crippen LogP contribution >= 0.6 is 0 Å². The Morgan fingerprint density at radius 2 is 1.96 bits per heavy atom. The average molecular weight is 310 g/mol. The summed E-state index contributed by atoms with van der Waals surface area (Å²) < 4.78 is 0. The van der Waals surface area contributed by atoms with E-state index in [1.54, 1.807) is 6.08 Å². The maximum Gasteiger partial charge on any atom is 0.178 e. The number of hydrogen-bond acceptors (Lipinski definition) is 2. The van der Waals surface area contributed by atoms with Crippen LogP contribution in [0.2, 0.25) is 0 Å². The molecule has 2 nitrogen and oxygen atoms in total. The van der Waals surface area contributed by atoms with Crippen LogP contribution < -0.4 is 0 Å². The summed E-state index contributed by atoms with van der Waals surface area (Å²) in [5, 5.41) is 11.0. The minimum Gasteiger partial charge on any atom is -0.377 e. The number of hydrogen-bond donors (Lipinski definition) is 1. The minimum atomic E-state index is -0.933. The molecule has 0 aromatic heterocycles. The second-order valence-corrected chi connectivity index (χ2v) is 8.60. The van der Waals surface area contributed by atoms with E-state index in [4.69, 9.17) is 6.42 Å². The largest absolute Gasteiger partial charge is 0.377 e. The smallest absolute Gasteiger partial charge is 0.178 e. The highest BCUT2D eigenvalue weighted by Crippen LogP contribution is 2.66. The van der Waals surface area contributed by atoms with Crippen molar-refractivity contribution >= 4 is 5.78 Å². The molecule has 4 aliphatic carbocycles. The Kier molecular flexibility index (Phi) is 3.05. The number of terminal acetylenes is 1. The molecule has 0 radical (unpaired) electrons. The van der Waals surface area contributed by atoms with Crippen molar-refractivity contribution in [3.63, 3.8) is 0 Å². The van der Waals surface area contributed by atoms with Crippen molar-refractivity contribution in [3.8, 4) is 12.3 Å². The normalized spacial score (nSPS) is 51.3. The van der Waals surface area contributed by atoms with E-state index < -0.39 is 5.60 Å². The molecule has 4 aliphatic rings. The monoisotopic (exact) mass is 310 g/mol. The van der Waals surface area contributed by atoms with Crippen LogP contribution in [0.4, 0.5) is 0 Å². The van der Waals surface area contributed by atoms with Crippen LogP contribution in [0.25, 0.3) is 0 Å². The quantitative estimate of drug-likeness (QED) is 0.693. The Bertz CT molecular complexity index is 666. The van der Waals surface area contributed by atoms with Crippen LogP contribution in [0.15, 0.2) is 23.8 Å². The van der Waals surface area contributed by atoms with Crippen molar-refractivity contribution in [1.82, 2.24) is 0 Å². The molecule has 2 heteroatoms. The van der Waals surface area contributed by atoms with Crippen LogP contribution in [0, 0.1) is 40.9 Å². The number of carbonyl (C=O) groups excluding carboxylic acids is 1. The number of ketones is 1. The zero-order valence-electron chi connectivity index (χ0n) is 14.1. The van der Waals surface area contributed by atoms with Crippen LogP contribution in [0.5, 0.6) is 0 Å². The lowest BCUT2D eigenvalue weighted by molar-refractivity contribution is -0.111. The van der Waals surface area contributed by atoms with E-state index in [-0.39, 0.29) is 16.6 Å². The van der Waals surface area contributed by atoms with Gasteiger partial charge in [-0.05, 0) is 68.4 Å². The Morgan fingerprint density at radius 3 is 2.70 bits per heavy atom. The highest BCUT2D eigenvalue weighted by molar-refractivity contribution is 6.01. The van der Waals surface area contributed by atoms with Gasteiger partial charge in [-0.15, -0.1) is 6.42 Å². The van der Waals surface area contributed by atoms with E-state index in [1.807, 2.05) is 6.08 Å². The molecule has 6 atom stereocenters. The average Bonchev–Trinajstić information content (AvgIpc) is 2.80. The molecule has 0 aliphatic heterocycles. The van der Waals surface area contributed by atoms with Crippen LogP contribution in [-0.4, -0.2) is 16.5 Å². The standard InChI is InChI=1S/C21H26O2/c1-4-21(23)12-9-18-16-6-5-14-13-15(22)7-10-19(14,2)17(16)8-11-20(18,21)3/h1,7,10,13,16-18,23H,5-6,8-9,11-12H2,2-3H3/t16-,17+,18-,19+,20+,21+/m1/s1. The Hall–Kier alpha value is -1.33. The predicted molar refractivity (Wildman–Crippen MR) is 90.4 cm³/mol. The fourth-order valence-electron chi connectivity index (χ4n) is 6.45. The lowest BCUT2D eigenvalue weighted by Gasteiger charge is -2.57. The topological polar surface area (TPSA) is 37.3 Å². The molecule has 1 N–H and O–H groups in total. The molecular weight excluding hydrogens is 284 g/mol. The van der Waals surface area contributed by atoms with Gasteiger partial charge in [0.05, 0.1) is 0 Å². The lowest BCUT2D eigenvalue weighted by atomic mass is 9.47. The number of fused-ring (bicyclic) bond motifs is 5.